The van der Waals surface area contributed by atoms with Crippen molar-refractivity contribution < 1.29 is 14.3 Å². The fourth-order valence-electron chi connectivity index (χ4n) is 1.96. The molecule has 0 fully saturated rings. The fraction of sp³-hybridized carbons (Fsp3) is 0.278. The second-order valence-electron chi connectivity index (χ2n) is 5.17. The van der Waals surface area contributed by atoms with E-state index in [0.29, 0.717) is 23.9 Å². The molecule has 0 saturated carbocycles. The van der Waals surface area contributed by atoms with Crippen LogP contribution in [0.25, 0.3) is 0 Å². The molecule has 0 saturated heterocycles. The molecule has 0 bridgehead atoms. The number of hydrogen-bond donors (Lipinski definition) is 1. The van der Waals surface area contributed by atoms with Crippen LogP contribution in [0.2, 0.25) is 5.02 Å². The highest BCUT2D eigenvalue weighted by atomic mass is 35.5. The van der Waals surface area contributed by atoms with E-state index in [2.05, 4.69) is 5.32 Å². The number of halogens is 1. The molecule has 2 aromatic carbocycles. The van der Waals surface area contributed by atoms with E-state index in [1.165, 1.54) is 0 Å². The molecule has 1 atom stereocenters. The van der Waals surface area contributed by atoms with Crippen LogP contribution in [-0.4, -0.2) is 25.2 Å². The van der Waals surface area contributed by atoms with Gasteiger partial charge in [-0.1, -0.05) is 23.7 Å². The predicted molar refractivity (Wildman–Crippen MR) is 91.2 cm³/mol. The molecule has 1 N–H and O–H groups in total. The van der Waals surface area contributed by atoms with E-state index in [1.54, 1.807) is 31.2 Å². The van der Waals surface area contributed by atoms with Gasteiger partial charge in [0.1, 0.15) is 18.1 Å². The minimum atomic E-state index is -0.588. The Kier molecular flexibility index (Phi) is 6.29. The molecule has 0 aliphatic carbocycles. The average molecular weight is 334 g/mol. The summed E-state index contributed by atoms with van der Waals surface area (Å²) in [6.45, 7) is 4.53. The third-order valence-corrected chi connectivity index (χ3v) is 3.41. The smallest absolute Gasteiger partial charge is 0.260 e. The molecular weight excluding hydrogens is 314 g/mol. The maximum Gasteiger partial charge on any atom is 0.260 e. The SMILES string of the molecule is Cc1cccc(OCCNC(=O)C(C)Oc2ccc(Cl)cc2)c1. The van der Waals surface area contributed by atoms with Crippen LogP contribution >= 0.6 is 11.6 Å². The maximum atomic E-state index is 12.0. The Balaban J connectivity index is 1.70. The first-order valence-electron chi connectivity index (χ1n) is 7.44. The van der Waals surface area contributed by atoms with E-state index < -0.39 is 6.10 Å². The lowest BCUT2D eigenvalue weighted by molar-refractivity contribution is -0.127. The summed E-state index contributed by atoms with van der Waals surface area (Å²) in [5.74, 6) is 1.21. The summed E-state index contributed by atoms with van der Waals surface area (Å²) in [5, 5.41) is 3.41. The Labute approximate surface area is 141 Å². The fourth-order valence-corrected chi connectivity index (χ4v) is 2.09. The predicted octanol–water partition coefficient (Wildman–Crippen LogP) is 3.61. The summed E-state index contributed by atoms with van der Waals surface area (Å²) < 4.78 is 11.1. The monoisotopic (exact) mass is 333 g/mol. The lowest BCUT2D eigenvalue weighted by Gasteiger charge is -2.15. The van der Waals surface area contributed by atoms with Crippen LogP contribution < -0.4 is 14.8 Å². The lowest BCUT2D eigenvalue weighted by Crippen LogP contribution is -2.38. The van der Waals surface area contributed by atoms with Gasteiger partial charge in [-0.05, 0) is 55.8 Å². The van der Waals surface area contributed by atoms with Crippen molar-refractivity contribution in [2.24, 2.45) is 0 Å². The zero-order valence-electron chi connectivity index (χ0n) is 13.2. The topological polar surface area (TPSA) is 47.6 Å². The zero-order chi connectivity index (χ0) is 16.7. The van der Waals surface area contributed by atoms with Gasteiger partial charge in [0.25, 0.3) is 5.91 Å². The van der Waals surface area contributed by atoms with Gasteiger partial charge in [0, 0.05) is 5.02 Å². The number of benzene rings is 2. The van der Waals surface area contributed by atoms with Crippen molar-refractivity contribution in [2.45, 2.75) is 20.0 Å². The molecule has 1 unspecified atom stereocenters. The molecule has 2 rings (SSSR count). The van der Waals surface area contributed by atoms with Gasteiger partial charge in [-0.3, -0.25) is 4.79 Å². The lowest BCUT2D eigenvalue weighted by atomic mass is 10.2. The Bertz CT molecular complexity index is 643. The van der Waals surface area contributed by atoms with Gasteiger partial charge in [-0.15, -0.1) is 0 Å². The minimum absolute atomic E-state index is 0.187. The summed E-state index contributed by atoms with van der Waals surface area (Å²) in [6, 6.07) is 14.7. The first kappa shape index (κ1) is 17.2. The highest BCUT2D eigenvalue weighted by Gasteiger charge is 2.13. The van der Waals surface area contributed by atoms with Crippen LogP contribution in [0, 0.1) is 6.92 Å². The van der Waals surface area contributed by atoms with Crippen LogP contribution in [0.1, 0.15) is 12.5 Å². The van der Waals surface area contributed by atoms with Crippen LogP contribution in [0.4, 0.5) is 0 Å². The van der Waals surface area contributed by atoms with Gasteiger partial charge in [0.2, 0.25) is 0 Å². The van der Waals surface area contributed by atoms with Gasteiger partial charge in [-0.2, -0.15) is 0 Å². The number of nitrogens with one attached hydrogen (secondary N) is 1. The molecule has 0 aromatic heterocycles. The molecule has 0 heterocycles. The molecule has 5 heteroatoms. The third kappa shape index (κ3) is 5.83. The maximum absolute atomic E-state index is 12.0. The van der Waals surface area contributed by atoms with Gasteiger partial charge in [-0.25, -0.2) is 0 Å². The largest absolute Gasteiger partial charge is 0.492 e. The van der Waals surface area contributed by atoms with Crippen LogP contribution in [0.5, 0.6) is 11.5 Å². The van der Waals surface area contributed by atoms with Gasteiger partial charge >= 0.3 is 0 Å². The van der Waals surface area contributed by atoms with Crippen molar-refractivity contribution in [3.8, 4) is 11.5 Å². The number of carbonyl (C=O) groups excluding carboxylic acids is 1. The van der Waals surface area contributed by atoms with E-state index in [0.717, 1.165) is 11.3 Å². The van der Waals surface area contributed by atoms with Gasteiger partial charge in [0.15, 0.2) is 6.10 Å². The molecule has 0 aliphatic heterocycles. The molecule has 1 amide bonds. The van der Waals surface area contributed by atoms with Crippen molar-refractivity contribution in [3.05, 3.63) is 59.1 Å². The second-order valence-corrected chi connectivity index (χ2v) is 5.61. The van der Waals surface area contributed by atoms with Crippen LogP contribution in [0.15, 0.2) is 48.5 Å². The highest BCUT2D eigenvalue weighted by molar-refractivity contribution is 6.30. The highest BCUT2D eigenvalue weighted by Crippen LogP contribution is 2.16. The third-order valence-electron chi connectivity index (χ3n) is 3.16. The van der Waals surface area contributed by atoms with E-state index >= 15 is 0 Å². The van der Waals surface area contributed by atoms with Crippen LogP contribution in [-0.2, 0) is 4.79 Å². The summed E-state index contributed by atoms with van der Waals surface area (Å²) in [7, 11) is 0. The van der Waals surface area contributed by atoms with Crippen molar-refractivity contribution >= 4 is 17.5 Å². The van der Waals surface area contributed by atoms with Crippen molar-refractivity contribution in [2.75, 3.05) is 13.2 Å². The molecule has 0 aliphatic rings. The van der Waals surface area contributed by atoms with E-state index in [-0.39, 0.29) is 5.91 Å². The second kappa shape index (κ2) is 8.44. The molecule has 122 valence electrons. The van der Waals surface area contributed by atoms with Crippen LogP contribution in [0.3, 0.4) is 0 Å². The number of aryl methyl sites for hydroxylation is 1. The molecule has 2 aromatic rings. The Morgan fingerprint density at radius 3 is 2.61 bits per heavy atom. The Morgan fingerprint density at radius 2 is 1.91 bits per heavy atom. The zero-order valence-corrected chi connectivity index (χ0v) is 14.0. The van der Waals surface area contributed by atoms with Crippen molar-refractivity contribution in [1.82, 2.24) is 5.32 Å². The number of amides is 1. The molecule has 0 radical (unpaired) electrons. The number of rotatable bonds is 7. The molecular formula is C18H20ClNO3. The van der Waals surface area contributed by atoms with Gasteiger partial charge < -0.3 is 14.8 Å². The Hall–Kier alpha value is -2.20. The summed E-state index contributed by atoms with van der Waals surface area (Å²) in [5.41, 5.74) is 1.14. The molecule has 4 nitrogen and oxygen atoms in total. The minimum Gasteiger partial charge on any atom is -0.492 e. The summed E-state index contributed by atoms with van der Waals surface area (Å²) in [6.07, 6.45) is -0.588. The standard InChI is InChI=1S/C18H20ClNO3/c1-13-4-3-5-17(12-13)22-11-10-20-18(21)14(2)23-16-8-6-15(19)7-9-16/h3-9,12,14H,10-11H2,1-2H3,(H,20,21). The number of hydrogen-bond acceptors (Lipinski definition) is 3. The first-order chi connectivity index (χ1) is 11.0. The normalized spacial score (nSPS) is 11.6. The summed E-state index contributed by atoms with van der Waals surface area (Å²) in [4.78, 5) is 12.0. The van der Waals surface area contributed by atoms with Gasteiger partial charge in [0.05, 0.1) is 6.54 Å². The molecule has 0 spiro atoms. The van der Waals surface area contributed by atoms with Crippen molar-refractivity contribution in [1.29, 1.82) is 0 Å². The Morgan fingerprint density at radius 1 is 1.17 bits per heavy atom. The van der Waals surface area contributed by atoms with E-state index in [1.807, 2.05) is 31.2 Å². The first-order valence-corrected chi connectivity index (χ1v) is 7.82. The average Bonchev–Trinajstić information content (AvgIpc) is 2.53. The summed E-state index contributed by atoms with van der Waals surface area (Å²) >= 11 is 5.81. The number of carbonyl (C=O) groups is 1. The van der Waals surface area contributed by atoms with E-state index in [9.17, 15) is 4.79 Å². The van der Waals surface area contributed by atoms with E-state index in [4.69, 9.17) is 21.1 Å². The van der Waals surface area contributed by atoms with Crippen molar-refractivity contribution in [3.63, 3.8) is 0 Å². The quantitative estimate of drug-likeness (QED) is 0.787. The molecule has 23 heavy (non-hydrogen) atoms. The number of ether oxygens (including phenoxy) is 2.